The average molecular weight is 528 g/mol. The van der Waals surface area contributed by atoms with E-state index in [2.05, 4.69) is 16.2 Å². The van der Waals surface area contributed by atoms with Crippen LogP contribution < -0.4 is 10.1 Å². The molecule has 1 N–H and O–H groups in total. The first kappa shape index (κ1) is 25.2. The lowest BCUT2D eigenvalue weighted by molar-refractivity contribution is -0.115. The standard InChI is InChI=1S/C25H25N3O4S3/c1-4-11-28-17-10-9-15(2)12-19(17)35-25(28)27-21(30)14-33-13-20(29)26-23-22(24(31)32-3)16-7-5-6-8-18(16)34-23/h1,9-10,12H,5-8,11,13-14H2,2-3H3,(H,26,29). The van der Waals surface area contributed by atoms with Crippen molar-refractivity contribution in [3.63, 3.8) is 0 Å². The maximum atomic E-state index is 12.6. The quantitative estimate of drug-likeness (QED) is 0.368. The molecular formula is C25H25N3O4S3. The number of aryl methyl sites for hydroxylation is 2. The van der Waals surface area contributed by atoms with Gasteiger partial charge in [0.1, 0.15) is 5.00 Å². The molecule has 0 atom stereocenters. The summed E-state index contributed by atoms with van der Waals surface area (Å²) in [5.41, 5.74) is 3.52. The van der Waals surface area contributed by atoms with Crippen LogP contribution in [0.3, 0.4) is 0 Å². The predicted octanol–water partition coefficient (Wildman–Crippen LogP) is 4.17. The van der Waals surface area contributed by atoms with Gasteiger partial charge in [0.05, 0.1) is 40.9 Å². The highest BCUT2D eigenvalue weighted by atomic mass is 32.2. The van der Waals surface area contributed by atoms with Gasteiger partial charge in [0.2, 0.25) is 5.91 Å². The zero-order chi connectivity index (χ0) is 24.9. The maximum absolute atomic E-state index is 12.6. The van der Waals surface area contributed by atoms with E-state index in [0.29, 0.717) is 21.9 Å². The molecule has 1 aliphatic rings. The van der Waals surface area contributed by atoms with Gasteiger partial charge in [0, 0.05) is 4.88 Å². The summed E-state index contributed by atoms with van der Waals surface area (Å²) >= 11 is 4.04. The average Bonchev–Trinajstić information content (AvgIpc) is 3.35. The number of nitrogens with zero attached hydrogens (tertiary/aromatic N) is 2. The van der Waals surface area contributed by atoms with Crippen molar-refractivity contribution >= 4 is 67.4 Å². The molecule has 2 heterocycles. The van der Waals surface area contributed by atoms with Crippen molar-refractivity contribution in [2.45, 2.75) is 39.2 Å². The monoisotopic (exact) mass is 527 g/mol. The van der Waals surface area contributed by atoms with Gasteiger partial charge in [-0.05, 0) is 55.9 Å². The van der Waals surface area contributed by atoms with E-state index in [9.17, 15) is 14.4 Å². The number of esters is 1. The van der Waals surface area contributed by atoms with Gasteiger partial charge in [-0.3, -0.25) is 9.59 Å². The highest BCUT2D eigenvalue weighted by Crippen LogP contribution is 2.38. The number of thiazole rings is 1. The molecule has 0 bridgehead atoms. The Balaban J connectivity index is 1.41. The van der Waals surface area contributed by atoms with Gasteiger partial charge < -0.3 is 14.6 Å². The Hall–Kier alpha value is -2.87. The Labute approximate surface area is 215 Å². The number of amides is 2. The lowest BCUT2D eigenvalue weighted by atomic mass is 9.95. The van der Waals surface area contributed by atoms with E-state index in [1.54, 1.807) is 0 Å². The van der Waals surface area contributed by atoms with Crippen LogP contribution in [-0.2, 0) is 33.7 Å². The Morgan fingerprint density at radius 2 is 2.03 bits per heavy atom. The van der Waals surface area contributed by atoms with Gasteiger partial charge in [-0.25, -0.2) is 4.79 Å². The van der Waals surface area contributed by atoms with Gasteiger partial charge in [-0.2, -0.15) is 4.99 Å². The van der Waals surface area contributed by atoms with Crippen LogP contribution in [0.2, 0.25) is 0 Å². The van der Waals surface area contributed by atoms with Crippen molar-refractivity contribution in [3.05, 3.63) is 44.6 Å². The van der Waals surface area contributed by atoms with Crippen molar-refractivity contribution in [3.8, 4) is 12.3 Å². The second-order valence-electron chi connectivity index (χ2n) is 8.10. The number of carbonyl (C=O) groups is 3. The van der Waals surface area contributed by atoms with E-state index in [4.69, 9.17) is 11.2 Å². The molecule has 0 fully saturated rings. The number of methoxy groups -OCH3 is 1. The van der Waals surface area contributed by atoms with E-state index in [-0.39, 0.29) is 23.3 Å². The minimum absolute atomic E-state index is 0.0571. The number of anilines is 1. The molecule has 0 spiro atoms. The first-order valence-electron chi connectivity index (χ1n) is 11.1. The largest absolute Gasteiger partial charge is 0.465 e. The van der Waals surface area contributed by atoms with Gasteiger partial charge in [0.25, 0.3) is 5.91 Å². The summed E-state index contributed by atoms with van der Waals surface area (Å²) in [7, 11) is 1.34. The third-order valence-corrected chi connectivity index (χ3v) is 8.75. The molecule has 0 saturated heterocycles. The number of terminal acetylenes is 1. The van der Waals surface area contributed by atoms with Crippen LogP contribution in [0, 0.1) is 19.3 Å². The van der Waals surface area contributed by atoms with Gasteiger partial charge in [-0.1, -0.05) is 23.3 Å². The number of nitrogens with one attached hydrogen (secondary N) is 1. The molecule has 35 heavy (non-hydrogen) atoms. The summed E-state index contributed by atoms with van der Waals surface area (Å²) < 4.78 is 7.81. The van der Waals surface area contributed by atoms with Crippen molar-refractivity contribution < 1.29 is 19.1 Å². The number of aromatic nitrogens is 1. The number of thiophene rings is 1. The number of hydrogen-bond donors (Lipinski definition) is 1. The van der Waals surface area contributed by atoms with E-state index >= 15 is 0 Å². The summed E-state index contributed by atoms with van der Waals surface area (Å²) in [6.45, 7) is 2.33. The second kappa shape index (κ2) is 11.2. The molecular weight excluding hydrogens is 502 g/mol. The number of hydrogen-bond acceptors (Lipinski definition) is 7. The van der Waals surface area contributed by atoms with Crippen molar-refractivity contribution in [1.29, 1.82) is 0 Å². The van der Waals surface area contributed by atoms with Gasteiger partial charge >= 0.3 is 5.97 Å². The molecule has 0 radical (unpaired) electrons. The first-order chi connectivity index (χ1) is 16.9. The fourth-order valence-corrected chi connectivity index (χ4v) is 7.05. The fourth-order valence-electron chi connectivity index (χ4n) is 4.01. The lowest BCUT2D eigenvalue weighted by Gasteiger charge is -2.11. The minimum atomic E-state index is -0.430. The summed E-state index contributed by atoms with van der Waals surface area (Å²) in [4.78, 5) is 43.4. The number of ether oxygens (including phenoxy) is 1. The smallest absolute Gasteiger partial charge is 0.341 e. The topological polar surface area (TPSA) is 89.8 Å². The molecule has 1 aliphatic carbocycles. The highest BCUT2D eigenvalue weighted by Gasteiger charge is 2.26. The van der Waals surface area contributed by atoms with E-state index < -0.39 is 5.97 Å². The molecule has 4 rings (SSSR count). The minimum Gasteiger partial charge on any atom is -0.465 e. The Bertz CT molecular complexity index is 1410. The zero-order valence-electron chi connectivity index (χ0n) is 19.5. The first-order valence-corrected chi connectivity index (χ1v) is 13.9. The zero-order valence-corrected chi connectivity index (χ0v) is 22.0. The number of fused-ring (bicyclic) bond motifs is 2. The van der Waals surface area contributed by atoms with Crippen molar-refractivity contribution in [2.24, 2.45) is 4.99 Å². The molecule has 2 amide bonds. The van der Waals surface area contributed by atoms with E-state index in [1.165, 1.54) is 41.5 Å². The molecule has 0 saturated carbocycles. The van der Waals surface area contributed by atoms with E-state index in [1.807, 2.05) is 29.7 Å². The SMILES string of the molecule is C#CCn1c(=NC(=O)CSCC(=O)Nc2sc3c(c2C(=O)OC)CCCC3)sc2cc(C)ccc21. The third kappa shape index (κ3) is 5.69. The summed E-state index contributed by atoms with van der Waals surface area (Å²) in [5, 5.41) is 3.38. The Morgan fingerprint density at radius 1 is 1.23 bits per heavy atom. The number of carbonyl (C=O) groups excluding carboxylic acids is 3. The Morgan fingerprint density at radius 3 is 2.80 bits per heavy atom. The maximum Gasteiger partial charge on any atom is 0.341 e. The lowest BCUT2D eigenvalue weighted by Crippen LogP contribution is -2.19. The molecule has 10 heteroatoms. The van der Waals surface area contributed by atoms with E-state index in [0.717, 1.165) is 51.9 Å². The Kier molecular flexibility index (Phi) is 8.11. The van der Waals surface area contributed by atoms with Crippen LogP contribution >= 0.6 is 34.4 Å². The molecule has 3 aromatic rings. The van der Waals surface area contributed by atoms with Crippen molar-refractivity contribution in [1.82, 2.24) is 4.57 Å². The van der Waals surface area contributed by atoms with Crippen LogP contribution in [0.25, 0.3) is 10.2 Å². The number of rotatable bonds is 7. The molecule has 1 aromatic carbocycles. The van der Waals surface area contributed by atoms with Crippen LogP contribution in [0.1, 0.15) is 39.2 Å². The fraction of sp³-hybridized carbons (Fsp3) is 0.360. The van der Waals surface area contributed by atoms with Crippen LogP contribution in [0.5, 0.6) is 0 Å². The number of benzene rings is 1. The molecule has 2 aromatic heterocycles. The predicted molar refractivity (Wildman–Crippen MR) is 142 cm³/mol. The molecule has 0 aliphatic heterocycles. The second-order valence-corrected chi connectivity index (χ2v) is 11.2. The van der Waals surface area contributed by atoms with Crippen LogP contribution in [-0.4, -0.2) is 41.0 Å². The summed E-state index contributed by atoms with van der Waals surface area (Å²) in [6, 6.07) is 6.02. The normalized spacial score (nSPS) is 13.3. The van der Waals surface area contributed by atoms with Crippen molar-refractivity contribution in [2.75, 3.05) is 23.9 Å². The summed E-state index contributed by atoms with van der Waals surface area (Å²) in [5.74, 6) is 1.70. The molecule has 182 valence electrons. The van der Waals surface area contributed by atoms with Gasteiger partial charge in [0.15, 0.2) is 4.80 Å². The highest BCUT2D eigenvalue weighted by molar-refractivity contribution is 8.00. The molecule has 0 unspecified atom stereocenters. The van der Waals surface area contributed by atoms with Gasteiger partial charge in [-0.15, -0.1) is 29.5 Å². The number of thioether (sulfide) groups is 1. The summed E-state index contributed by atoms with van der Waals surface area (Å²) in [6.07, 6.45) is 9.33. The van der Waals surface area contributed by atoms with Crippen LogP contribution in [0.4, 0.5) is 5.00 Å². The third-order valence-electron chi connectivity index (χ3n) is 5.58. The molecule has 7 nitrogen and oxygen atoms in total. The van der Waals surface area contributed by atoms with Crippen LogP contribution in [0.15, 0.2) is 23.2 Å².